The lowest BCUT2D eigenvalue weighted by molar-refractivity contribution is 0.623. The van der Waals surface area contributed by atoms with Crippen LogP contribution in [0.2, 0.25) is 0 Å². The predicted octanol–water partition coefficient (Wildman–Crippen LogP) is 14.5. The molecule has 57 heavy (non-hydrogen) atoms. The third-order valence-corrected chi connectivity index (χ3v) is 11.0. The molecule has 268 valence electrons. The molecular formula is C53H35N3O. The fourth-order valence-electron chi connectivity index (χ4n) is 8.35. The smallest absolute Gasteiger partial charge is 0.227 e. The van der Waals surface area contributed by atoms with Gasteiger partial charge in [-0.2, -0.15) is 0 Å². The monoisotopic (exact) mass is 729 g/mol. The molecule has 0 atom stereocenters. The molecule has 0 aliphatic carbocycles. The largest absolute Gasteiger partial charge is 0.435 e. The summed E-state index contributed by atoms with van der Waals surface area (Å²) in [4.78, 5) is 7.25. The van der Waals surface area contributed by atoms with Crippen molar-refractivity contribution in [3.05, 3.63) is 212 Å². The first-order chi connectivity index (χ1) is 28.3. The Labute approximate surface area is 330 Å². The van der Waals surface area contributed by atoms with Gasteiger partial charge >= 0.3 is 0 Å². The molecule has 0 radical (unpaired) electrons. The van der Waals surface area contributed by atoms with Crippen molar-refractivity contribution in [3.63, 3.8) is 0 Å². The summed E-state index contributed by atoms with van der Waals surface area (Å²) in [6.07, 6.45) is 0. The number of para-hydroxylation sites is 2. The van der Waals surface area contributed by atoms with Crippen LogP contribution in [-0.2, 0) is 0 Å². The van der Waals surface area contributed by atoms with Crippen LogP contribution >= 0.6 is 0 Å². The van der Waals surface area contributed by atoms with E-state index in [9.17, 15) is 0 Å². The zero-order chi connectivity index (χ0) is 37.7. The average Bonchev–Trinajstić information content (AvgIpc) is 3.87. The quantitative estimate of drug-likeness (QED) is 0.164. The van der Waals surface area contributed by atoms with Gasteiger partial charge in [0.05, 0.1) is 11.0 Å². The summed E-state index contributed by atoms with van der Waals surface area (Å²) >= 11 is 0. The second-order valence-electron chi connectivity index (χ2n) is 14.4. The third kappa shape index (κ3) is 5.66. The number of benzene rings is 9. The van der Waals surface area contributed by atoms with E-state index in [0.717, 1.165) is 72.4 Å². The second kappa shape index (κ2) is 13.6. The highest BCUT2D eigenvalue weighted by Gasteiger charge is 2.19. The highest BCUT2D eigenvalue weighted by Crippen LogP contribution is 2.42. The van der Waals surface area contributed by atoms with Gasteiger partial charge < -0.3 is 13.9 Å². The van der Waals surface area contributed by atoms with E-state index in [2.05, 4.69) is 191 Å². The molecule has 0 saturated heterocycles. The van der Waals surface area contributed by atoms with Gasteiger partial charge in [-0.25, -0.2) is 4.98 Å². The number of nitrogens with zero attached hydrogens (tertiary/aromatic N) is 3. The zero-order valence-electron chi connectivity index (χ0n) is 31.0. The van der Waals surface area contributed by atoms with Gasteiger partial charge in [0.1, 0.15) is 5.52 Å². The fraction of sp³-hybridized carbons (Fsp3) is 0. The Bertz CT molecular complexity index is 3220. The van der Waals surface area contributed by atoms with E-state index < -0.39 is 0 Å². The van der Waals surface area contributed by atoms with E-state index in [1.165, 1.54) is 21.9 Å². The number of anilines is 3. The molecule has 0 saturated carbocycles. The van der Waals surface area contributed by atoms with E-state index in [-0.39, 0.29) is 0 Å². The van der Waals surface area contributed by atoms with Crippen molar-refractivity contribution in [1.29, 1.82) is 0 Å². The van der Waals surface area contributed by atoms with Crippen LogP contribution < -0.4 is 4.90 Å². The molecule has 0 fully saturated rings. The van der Waals surface area contributed by atoms with Gasteiger partial charge in [0.15, 0.2) is 5.58 Å². The first-order valence-electron chi connectivity index (χ1n) is 19.3. The topological polar surface area (TPSA) is 34.2 Å². The van der Waals surface area contributed by atoms with Gasteiger partial charge in [-0.05, 0) is 100 Å². The number of rotatable bonds is 7. The van der Waals surface area contributed by atoms with Crippen LogP contribution in [-0.4, -0.2) is 9.55 Å². The summed E-state index contributed by atoms with van der Waals surface area (Å²) in [6, 6.07) is 75.3. The lowest BCUT2D eigenvalue weighted by atomic mass is 9.97. The Morgan fingerprint density at radius 1 is 0.421 bits per heavy atom. The molecule has 4 nitrogen and oxygen atoms in total. The van der Waals surface area contributed by atoms with E-state index in [1.54, 1.807) is 0 Å². The fourth-order valence-corrected chi connectivity index (χ4v) is 8.35. The maximum absolute atomic E-state index is 6.53. The number of fused-ring (bicyclic) bond motifs is 6. The van der Waals surface area contributed by atoms with Crippen LogP contribution in [0.25, 0.3) is 83.1 Å². The summed E-state index contributed by atoms with van der Waals surface area (Å²) in [7, 11) is 0. The van der Waals surface area contributed by atoms with Crippen molar-refractivity contribution < 1.29 is 4.42 Å². The van der Waals surface area contributed by atoms with E-state index in [1.807, 2.05) is 30.3 Å². The van der Waals surface area contributed by atoms with E-state index in [0.29, 0.717) is 5.89 Å². The van der Waals surface area contributed by atoms with Gasteiger partial charge in [0.2, 0.25) is 5.89 Å². The standard InChI is InChI=1S/C53H35N3O/c1-4-14-36(15-5-1)40-19-12-22-43(34-40)55(44-31-32-47-46-23-10-11-25-49(46)56(50(47)35-44)41-20-8-3-9-21-41)42-29-26-37(27-30-42)45-24-13-18-38-28-33-48-52(51(38)45)57-53(54-48)39-16-6-2-7-17-39/h1-35H. The van der Waals surface area contributed by atoms with Crippen LogP contribution in [0.1, 0.15) is 0 Å². The molecule has 11 aromatic rings. The Balaban J connectivity index is 1.08. The summed E-state index contributed by atoms with van der Waals surface area (Å²) in [5, 5.41) is 4.62. The van der Waals surface area contributed by atoms with Crippen molar-refractivity contribution >= 4 is 60.7 Å². The molecule has 2 heterocycles. The first kappa shape index (κ1) is 32.7. The van der Waals surface area contributed by atoms with Crippen LogP contribution in [0, 0.1) is 0 Å². The number of hydrogen-bond donors (Lipinski definition) is 0. The molecule has 0 unspecified atom stereocenters. The van der Waals surface area contributed by atoms with Crippen molar-refractivity contribution in [2.45, 2.75) is 0 Å². The predicted molar refractivity (Wildman–Crippen MR) is 237 cm³/mol. The molecule has 0 amide bonds. The van der Waals surface area contributed by atoms with Crippen LogP contribution in [0.15, 0.2) is 217 Å². The van der Waals surface area contributed by atoms with E-state index in [4.69, 9.17) is 9.40 Å². The number of hydrogen-bond acceptors (Lipinski definition) is 3. The minimum Gasteiger partial charge on any atom is -0.435 e. The van der Waals surface area contributed by atoms with Gasteiger partial charge in [-0.3, -0.25) is 0 Å². The lowest BCUT2D eigenvalue weighted by Crippen LogP contribution is -2.10. The molecule has 0 bridgehead atoms. The maximum Gasteiger partial charge on any atom is 0.227 e. The highest BCUT2D eigenvalue weighted by atomic mass is 16.3. The molecule has 4 heteroatoms. The molecule has 9 aromatic carbocycles. The Morgan fingerprint density at radius 2 is 1.07 bits per heavy atom. The maximum atomic E-state index is 6.53. The summed E-state index contributed by atoms with van der Waals surface area (Å²) in [5.74, 6) is 0.625. The molecular weight excluding hydrogens is 695 g/mol. The first-order valence-corrected chi connectivity index (χ1v) is 19.3. The normalized spacial score (nSPS) is 11.5. The molecule has 0 aliphatic rings. The SMILES string of the molecule is c1ccc(-c2cccc(N(c3ccc(-c4cccc5ccc6nc(-c7ccccc7)oc6c45)cc3)c3ccc4c5ccccc5n(-c5ccccc5)c4c3)c2)cc1. The molecule has 0 aliphatic heterocycles. The van der Waals surface area contributed by atoms with Gasteiger partial charge in [-0.15, -0.1) is 0 Å². The van der Waals surface area contributed by atoms with Crippen LogP contribution in [0.5, 0.6) is 0 Å². The average molecular weight is 730 g/mol. The van der Waals surface area contributed by atoms with Gasteiger partial charge in [0, 0.05) is 44.5 Å². The van der Waals surface area contributed by atoms with Crippen LogP contribution in [0.4, 0.5) is 17.1 Å². The minimum absolute atomic E-state index is 0.625. The summed E-state index contributed by atoms with van der Waals surface area (Å²) in [6.45, 7) is 0. The Kier molecular flexibility index (Phi) is 7.78. The minimum atomic E-state index is 0.625. The lowest BCUT2D eigenvalue weighted by Gasteiger charge is -2.26. The summed E-state index contributed by atoms with van der Waals surface area (Å²) < 4.78 is 8.91. The second-order valence-corrected chi connectivity index (χ2v) is 14.4. The van der Waals surface area contributed by atoms with Crippen LogP contribution in [0.3, 0.4) is 0 Å². The van der Waals surface area contributed by atoms with Crippen molar-refractivity contribution in [2.24, 2.45) is 0 Å². The molecule has 0 N–H and O–H groups in total. The Morgan fingerprint density at radius 3 is 1.88 bits per heavy atom. The van der Waals surface area contributed by atoms with Crippen molar-refractivity contribution in [2.75, 3.05) is 4.90 Å². The number of aromatic nitrogens is 2. The van der Waals surface area contributed by atoms with Crippen molar-refractivity contribution in [3.8, 4) is 39.4 Å². The summed E-state index contributed by atoms with van der Waals surface area (Å²) in [5.41, 5.74) is 13.8. The van der Waals surface area contributed by atoms with Crippen molar-refractivity contribution in [1.82, 2.24) is 9.55 Å². The zero-order valence-corrected chi connectivity index (χ0v) is 31.0. The third-order valence-electron chi connectivity index (χ3n) is 11.0. The van der Waals surface area contributed by atoms with Gasteiger partial charge in [-0.1, -0.05) is 140 Å². The molecule has 0 spiro atoms. The highest BCUT2D eigenvalue weighted by molar-refractivity contribution is 6.12. The molecule has 2 aromatic heterocycles. The molecule has 11 rings (SSSR count). The Hall–Kier alpha value is -7.69. The van der Waals surface area contributed by atoms with E-state index >= 15 is 0 Å². The number of oxazole rings is 1. The van der Waals surface area contributed by atoms with Gasteiger partial charge in [0.25, 0.3) is 0 Å².